The molecule has 168 valence electrons. The third-order valence-corrected chi connectivity index (χ3v) is 6.09. The van der Waals surface area contributed by atoms with Gasteiger partial charge in [0.15, 0.2) is 5.13 Å². The zero-order chi connectivity index (χ0) is 22.6. The summed E-state index contributed by atoms with van der Waals surface area (Å²) in [4.78, 5) is 19.0. The van der Waals surface area contributed by atoms with Crippen molar-refractivity contribution in [1.82, 2.24) is 9.88 Å². The van der Waals surface area contributed by atoms with E-state index in [9.17, 15) is 18.0 Å². The number of amides is 1. The molecule has 0 radical (unpaired) electrons. The molecule has 0 atom stereocenters. The number of anilines is 2. The number of rotatable bonds is 6. The maximum Gasteiger partial charge on any atom is 0.573 e. The summed E-state index contributed by atoms with van der Waals surface area (Å²) in [6.07, 6.45) is -1.78. The zero-order valence-corrected chi connectivity index (χ0v) is 18.0. The second-order valence-electron chi connectivity index (χ2n) is 7.66. The van der Waals surface area contributed by atoms with Crippen LogP contribution in [0.15, 0.2) is 60.0 Å². The minimum atomic E-state index is -4.73. The molecule has 0 unspecified atom stereocenters. The first-order chi connectivity index (χ1) is 15.4. The second-order valence-corrected chi connectivity index (χ2v) is 8.52. The van der Waals surface area contributed by atoms with Crippen molar-refractivity contribution in [3.05, 3.63) is 71.2 Å². The van der Waals surface area contributed by atoms with Crippen LogP contribution >= 0.6 is 11.3 Å². The van der Waals surface area contributed by atoms with Gasteiger partial charge in [0.25, 0.3) is 5.91 Å². The molecule has 2 aromatic carbocycles. The number of aromatic nitrogens is 1. The summed E-state index contributed by atoms with van der Waals surface area (Å²) in [5.41, 5.74) is 2.25. The standard InChI is InChI=1S/C23H22F3N3O2S/c24-23(25,26)31-19-8-6-18(7-9-19)27-22-28-20(15-32-22)21(30)29-12-10-17(11-13-29)14-16-4-2-1-3-5-16/h1-9,15,17H,10-14H2,(H,27,28). The van der Waals surface area contributed by atoms with Gasteiger partial charge in [-0.05, 0) is 55.0 Å². The van der Waals surface area contributed by atoms with Gasteiger partial charge in [0.1, 0.15) is 11.4 Å². The zero-order valence-electron chi connectivity index (χ0n) is 17.1. The molecule has 2 heterocycles. The van der Waals surface area contributed by atoms with E-state index in [4.69, 9.17) is 0 Å². The molecular formula is C23H22F3N3O2S. The van der Waals surface area contributed by atoms with Gasteiger partial charge in [0, 0.05) is 24.2 Å². The highest BCUT2D eigenvalue weighted by atomic mass is 32.1. The van der Waals surface area contributed by atoms with Crippen molar-refractivity contribution in [3.8, 4) is 5.75 Å². The van der Waals surface area contributed by atoms with E-state index in [0.29, 0.717) is 35.5 Å². The number of likely N-dealkylation sites (tertiary alicyclic amines) is 1. The molecule has 1 aliphatic heterocycles. The van der Waals surface area contributed by atoms with Crippen molar-refractivity contribution in [2.45, 2.75) is 25.6 Å². The molecule has 1 aliphatic rings. The minimum Gasteiger partial charge on any atom is -0.406 e. The van der Waals surface area contributed by atoms with Crippen LogP contribution in [0.3, 0.4) is 0 Å². The molecule has 3 aromatic rings. The molecule has 32 heavy (non-hydrogen) atoms. The highest BCUT2D eigenvalue weighted by Gasteiger charge is 2.31. The fraction of sp³-hybridized carbons (Fsp3) is 0.304. The van der Waals surface area contributed by atoms with E-state index in [0.717, 1.165) is 19.3 Å². The number of nitrogens with one attached hydrogen (secondary N) is 1. The number of thiazole rings is 1. The van der Waals surface area contributed by atoms with Crippen LogP contribution in [-0.4, -0.2) is 35.2 Å². The molecule has 5 nitrogen and oxygen atoms in total. The maximum atomic E-state index is 12.8. The highest BCUT2D eigenvalue weighted by molar-refractivity contribution is 7.14. The molecule has 0 saturated carbocycles. The van der Waals surface area contributed by atoms with Crippen LogP contribution in [0.1, 0.15) is 28.9 Å². The van der Waals surface area contributed by atoms with Gasteiger partial charge >= 0.3 is 6.36 Å². The molecule has 1 N–H and O–H groups in total. The van der Waals surface area contributed by atoms with Crippen LogP contribution in [0.25, 0.3) is 0 Å². The fourth-order valence-electron chi connectivity index (χ4n) is 3.74. The number of carbonyl (C=O) groups is 1. The largest absolute Gasteiger partial charge is 0.573 e. The number of hydrogen-bond acceptors (Lipinski definition) is 5. The molecule has 4 rings (SSSR count). The smallest absolute Gasteiger partial charge is 0.406 e. The Balaban J connectivity index is 1.29. The SMILES string of the molecule is O=C(c1csc(Nc2ccc(OC(F)(F)F)cc2)n1)N1CCC(Cc2ccccc2)CC1. The average Bonchev–Trinajstić information content (AvgIpc) is 3.23. The topological polar surface area (TPSA) is 54.5 Å². The lowest BCUT2D eigenvalue weighted by molar-refractivity contribution is -0.274. The van der Waals surface area contributed by atoms with Crippen molar-refractivity contribution in [1.29, 1.82) is 0 Å². The van der Waals surface area contributed by atoms with Crippen molar-refractivity contribution in [2.24, 2.45) is 5.92 Å². The summed E-state index contributed by atoms with van der Waals surface area (Å²) >= 11 is 1.27. The monoisotopic (exact) mass is 461 g/mol. The van der Waals surface area contributed by atoms with Gasteiger partial charge in [0.2, 0.25) is 0 Å². The predicted molar refractivity (Wildman–Crippen MR) is 117 cm³/mol. The molecule has 1 fully saturated rings. The van der Waals surface area contributed by atoms with Crippen LogP contribution in [-0.2, 0) is 6.42 Å². The fourth-order valence-corrected chi connectivity index (χ4v) is 4.45. The average molecular weight is 462 g/mol. The first-order valence-corrected chi connectivity index (χ1v) is 11.2. The van der Waals surface area contributed by atoms with Gasteiger partial charge < -0.3 is 15.0 Å². The minimum absolute atomic E-state index is 0.0959. The number of halogens is 3. The summed E-state index contributed by atoms with van der Waals surface area (Å²) in [5.74, 6) is 0.175. The number of benzene rings is 2. The Morgan fingerprint density at radius 1 is 1.09 bits per heavy atom. The van der Waals surface area contributed by atoms with Crippen molar-refractivity contribution >= 4 is 28.1 Å². The van der Waals surface area contributed by atoms with E-state index in [-0.39, 0.29) is 11.7 Å². The Hall–Kier alpha value is -3.07. The summed E-state index contributed by atoms with van der Waals surface area (Å²) in [6, 6.07) is 15.7. The summed E-state index contributed by atoms with van der Waals surface area (Å²) in [7, 11) is 0. The van der Waals surface area contributed by atoms with Gasteiger partial charge in [0.05, 0.1) is 0 Å². The number of ether oxygens (including phenoxy) is 1. The highest BCUT2D eigenvalue weighted by Crippen LogP contribution is 2.27. The van der Waals surface area contributed by atoms with Crippen molar-refractivity contribution < 1.29 is 22.7 Å². The first-order valence-electron chi connectivity index (χ1n) is 10.3. The van der Waals surface area contributed by atoms with E-state index in [1.807, 2.05) is 23.1 Å². The van der Waals surface area contributed by atoms with Crippen LogP contribution in [0.5, 0.6) is 5.75 Å². The van der Waals surface area contributed by atoms with E-state index in [1.54, 1.807) is 5.38 Å². The number of nitrogens with zero attached hydrogens (tertiary/aromatic N) is 2. The number of alkyl halides is 3. The first kappa shape index (κ1) is 22.1. The van der Waals surface area contributed by atoms with E-state index in [2.05, 4.69) is 27.2 Å². The van der Waals surface area contributed by atoms with Crippen LogP contribution in [0.4, 0.5) is 24.0 Å². The normalized spacial score (nSPS) is 14.9. The Bertz CT molecular complexity index is 1030. The van der Waals surface area contributed by atoms with E-state index < -0.39 is 6.36 Å². The Morgan fingerprint density at radius 2 is 1.78 bits per heavy atom. The maximum absolute atomic E-state index is 12.8. The van der Waals surface area contributed by atoms with E-state index >= 15 is 0 Å². The van der Waals surface area contributed by atoms with Gasteiger partial charge in [-0.2, -0.15) is 0 Å². The van der Waals surface area contributed by atoms with Gasteiger partial charge in [-0.1, -0.05) is 30.3 Å². The number of piperidine rings is 1. The molecular weight excluding hydrogens is 439 g/mol. The van der Waals surface area contributed by atoms with Crippen LogP contribution in [0, 0.1) is 5.92 Å². The molecule has 0 bridgehead atoms. The van der Waals surface area contributed by atoms with Crippen LogP contribution in [0.2, 0.25) is 0 Å². The Labute approximate surface area is 187 Å². The summed E-state index contributed by atoms with van der Waals surface area (Å²) < 4.78 is 40.6. The quantitative estimate of drug-likeness (QED) is 0.498. The van der Waals surface area contributed by atoms with Crippen LogP contribution < -0.4 is 10.1 Å². The molecule has 0 aliphatic carbocycles. The van der Waals surface area contributed by atoms with Gasteiger partial charge in [-0.25, -0.2) is 4.98 Å². The summed E-state index contributed by atoms with van der Waals surface area (Å²) in [6.45, 7) is 1.41. The number of carbonyl (C=O) groups excluding carboxylic acids is 1. The summed E-state index contributed by atoms with van der Waals surface area (Å²) in [5, 5.41) is 5.20. The molecule has 1 aromatic heterocycles. The lowest BCUT2D eigenvalue weighted by atomic mass is 9.90. The molecule has 0 spiro atoms. The van der Waals surface area contributed by atoms with Crippen molar-refractivity contribution in [3.63, 3.8) is 0 Å². The van der Waals surface area contributed by atoms with Gasteiger partial charge in [-0.15, -0.1) is 24.5 Å². The Kier molecular flexibility index (Phi) is 6.64. The van der Waals surface area contributed by atoms with Gasteiger partial charge in [-0.3, -0.25) is 4.79 Å². The lowest BCUT2D eigenvalue weighted by Gasteiger charge is -2.31. The third kappa shape index (κ3) is 6.00. The number of hydrogen-bond donors (Lipinski definition) is 1. The van der Waals surface area contributed by atoms with Crippen molar-refractivity contribution in [2.75, 3.05) is 18.4 Å². The molecule has 9 heteroatoms. The second kappa shape index (κ2) is 9.60. The Morgan fingerprint density at radius 3 is 2.44 bits per heavy atom. The third-order valence-electron chi connectivity index (χ3n) is 5.33. The molecule has 1 amide bonds. The predicted octanol–water partition coefficient (Wildman–Crippen LogP) is 5.88. The van der Waals surface area contributed by atoms with E-state index in [1.165, 1.54) is 41.2 Å². The lowest BCUT2D eigenvalue weighted by Crippen LogP contribution is -2.39. The molecule has 1 saturated heterocycles.